The zero-order valence-electron chi connectivity index (χ0n) is 14.1. The Morgan fingerprint density at radius 3 is 2.67 bits per heavy atom. The molecule has 3 aromatic rings. The fraction of sp³-hybridized carbons (Fsp3) is 0.222. The van der Waals surface area contributed by atoms with Crippen LogP contribution < -0.4 is 4.74 Å². The highest BCUT2D eigenvalue weighted by Crippen LogP contribution is 2.31. The van der Waals surface area contributed by atoms with Gasteiger partial charge in [0.1, 0.15) is 18.9 Å². The van der Waals surface area contributed by atoms with Crippen LogP contribution >= 0.6 is 11.6 Å². The van der Waals surface area contributed by atoms with Gasteiger partial charge in [-0.25, -0.2) is 4.98 Å². The molecule has 5 nitrogen and oxygen atoms in total. The maximum Gasteiger partial charge on any atom is 0.449 e. The summed E-state index contributed by atoms with van der Waals surface area (Å²) in [7, 11) is 1.45. The van der Waals surface area contributed by atoms with Gasteiger partial charge in [-0.3, -0.25) is 4.79 Å². The monoisotopic (exact) mass is 398 g/mol. The Hall–Kier alpha value is -2.74. The maximum absolute atomic E-state index is 13.3. The van der Waals surface area contributed by atoms with Gasteiger partial charge < -0.3 is 14.0 Å². The van der Waals surface area contributed by atoms with E-state index in [0.717, 1.165) is 4.57 Å². The highest BCUT2D eigenvalue weighted by Gasteiger charge is 2.38. The number of halogens is 4. The van der Waals surface area contributed by atoms with E-state index in [-0.39, 0.29) is 17.6 Å². The van der Waals surface area contributed by atoms with E-state index >= 15 is 0 Å². The summed E-state index contributed by atoms with van der Waals surface area (Å²) in [6.07, 6.45) is -4.70. The Bertz CT molecular complexity index is 986. The standard InChI is InChI=1S/C18H14ClF3N2O3/c1-26-15-7-6-12(19)8-11(15)10-27-16(25)9-24-14-5-3-2-4-13(14)23-17(24)18(20,21)22/h2-8H,9-10H2,1H3. The van der Waals surface area contributed by atoms with Crippen molar-refractivity contribution in [3.8, 4) is 5.75 Å². The van der Waals surface area contributed by atoms with Crippen LogP contribution in [0.25, 0.3) is 11.0 Å². The normalized spacial score (nSPS) is 11.6. The highest BCUT2D eigenvalue weighted by atomic mass is 35.5. The molecule has 0 saturated carbocycles. The third-order valence-corrected chi connectivity index (χ3v) is 4.06. The van der Waals surface area contributed by atoms with Gasteiger partial charge in [-0.2, -0.15) is 13.2 Å². The van der Waals surface area contributed by atoms with Crippen LogP contribution in [0.15, 0.2) is 42.5 Å². The molecular weight excluding hydrogens is 385 g/mol. The van der Waals surface area contributed by atoms with Gasteiger partial charge in [-0.15, -0.1) is 0 Å². The first-order valence-corrected chi connectivity index (χ1v) is 8.18. The van der Waals surface area contributed by atoms with Crippen LogP contribution in [0.5, 0.6) is 5.75 Å². The van der Waals surface area contributed by atoms with E-state index < -0.39 is 24.5 Å². The quantitative estimate of drug-likeness (QED) is 0.595. The van der Waals surface area contributed by atoms with Gasteiger partial charge in [-0.05, 0) is 30.3 Å². The molecule has 2 aromatic carbocycles. The minimum Gasteiger partial charge on any atom is -0.496 e. The van der Waals surface area contributed by atoms with Crippen molar-refractivity contribution in [3.05, 3.63) is 58.9 Å². The summed E-state index contributed by atoms with van der Waals surface area (Å²) in [6, 6.07) is 10.8. The Balaban J connectivity index is 1.82. The summed E-state index contributed by atoms with van der Waals surface area (Å²) < 4.78 is 50.9. The zero-order chi connectivity index (χ0) is 19.6. The minimum atomic E-state index is -4.70. The molecule has 0 radical (unpaired) electrons. The van der Waals surface area contributed by atoms with Crippen molar-refractivity contribution < 1.29 is 27.4 Å². The number of carbonyl (C=O) groups is 1. The molecule has 142 valence electrons. The topological polar surface area (TPSA) is 53.4 Å². The van der Waals surface area contributed by atoms with Crippen LogP contribution in [-0.2, 0) is 28.9 Å². The van der Waals surface area contributed by atoms with Crippen molar-refractivity contribution in [3.63, 3.8) is 0 Å². The molecule has 0 atom stereocenters. The summed E-state index contributed by atoms with van der Waals surface area (Å²) in [6.45, 7) is -0.811. The molecule has 0 aliphatic heterocycles. The number of nitrogens with zero attached hydrogens (tertiary/aromatic N) is 2. The number of esters is 1. The van der Waals surface area contributed by atoms with Gasteiger partial charge >= 0.3 is 12.1 Å². The Kier molecular flexibility index (Phi) is 5.27. The van der Waals surface area contributed by atoms with E-state index in [0.29, 0.717) is 16.3 Å². The molecule has 27 heavy (non-hydrogen) atoms. The van der Waals surface area contributed by atoms with Gasteiger partial charge in [0.15, 0.2) is 0 Å². The molecule has 1 heterocycles. The van der Waals surface area contributed by atoms with Crippen LogP contribution in [0.1, 0.15) is 11.4 Å². The van der Waals surface area contributed by atoms with E-state index in [1.165, 1.54) is 19.2 Å². The predicted molar refractivity (Wildman–Crippen MR) is 92.5 cm³/mol. The van der Waals surface area contributed by atoms with Crippen LogP contribution in [0.2, 0.25) is 5.02 Å². The lowest BCUT2D eigenvalue weighted by atomic mass is 10.2. The van der Waals surface area contributed by atoms with E-state index in [9.17, 15) is 18.0 Å². The number of aromatic nitrogens is 2. The van der Waals surface area contributed by atoms with Gasteiger partial charge in [0.05, 0.1) is 18.1 Å². The Morgan fingerprint density at radius 1 is 1.22 bits per heavy atom. The molecule has 0 N–H and O–H groups in total. The smallest absolute Gasteiger partial charge is 0.449 e. The molecular formula is C18H14ClF3N2O3. The van der Waals surface area contributed by atoms with Crippen LogP contribution in [0, 0.1) is 0 Å². The first-order chi connectivity index (χ1) is 12.8. The SMILES string of the molecule is COc1ccc(Cl)cc1COC(=O)Cn1c(C(F)(F)F)nc2ccccc21. The van der Waals surface area contributed by atoms with Crippen molar-refractivity contribution in [2.75, 3.05) is 7.11 Å². The zero-order valence-corrected chi connectivity index (χ0v) is 14.8. The van der Waals surface area contributed by atoms with Crippen LogP contribution in [-0.4, -0.2) is 22.6 Å². The second-order valence-corrected chi connectivity index (χ2v) is 6.06. The fourth-order valence-corrected chi connectivity index (χ4v) is 2.84. The van der Waals surface area contributed by atoms with Crippen molar-refractivity contribution in [1.29, 1.82) is 0 Å². The van der Waals surface area contributed by atoms with Crippen LogP contribution in [0.3, 0.4) is 0 Å². The Morgan fingerprint density at radius 2 is 1.96 bits per heavy atom. The summed E-state index contributed by atoms with van der Waals surface area (Å²) in [5.41, 5.74) is 0.848. The largest absolute Gasteiger partial charge is 0.496 e. The number of alkyl halides is 3. The van der Waals surface area contributed by atoms with Gasteiger partial charge in [-0.1, -0.05) is 23.7 Å². The number of methoxy groups -OCH3 is 1. The number of imidazole rings is 1. The second-order valence-electron chi connectivity index (χ2n) is 5.62. The molecule has 0 fully saturated rings. The van der Waals surface area contributed by atoms with Crippen LogP contribution in [0.4, 0.5) is 13.2 Å². The van der Waals surface area contributed by atoms with Crippen molar-refractivity contribution in [2.45, 2.75) is 19.3 Å². The number of rotatable bonds is 5. The molecule has 0 aliphatic carbocycles. The number of fused-ring (bicyclic) bond motifs is 1. The summed E-state index contributed by atoms with van der Waals surface area (Å²) >= 11 is 5.91. The molecule has 9 heteroatoms. The minimum absolute atomic E-state index is 0.147. The number of carbonyl (C=O) groups excluding carboxylic acids is 1. The average Bonchev–Trinajstić information content (AvgIpc) is 2.99. The van der Waals surface area contributed by atoms with Crippen molar-refractivity contribution >= 4 is 28.6 Å². The molecule has 0 bridgehead atoms. The predicted octanol–water partition coefficient (Wildman–Crippen LogP) is 4.46. The second kappa shape index (κ2) is 7.48. The number of ether oxygens (including phenoxy) is 2. The summed E-state index contributed by atoms with van der Waals surface area (Å²) in [4.78, 5) is 15.8. The van der Waals surface area contributed by atoms with Gasteiger partial charge in [0, 0.05) is 10.6 Å². The lowest BCUT2D eigenvalue weighted by molar-refractivity contribution is -0.151. The van der Waals surface area contributed by atoms with Gasteiger partial charge in [0.2, 0.25) is 5.82 Å². The van der Waals surface area contributed by atoms with E-state index in [4.69, 9.17) is 21.1 Å². The van der Waals surface area contributed by atoms with Crippen molar-refractivity contribution in [2.24, 2.45) is 0 Å². The van der Waals surface area contributed by atoms with Crippen molar-refractivity contribution in [1.82, 2.24) is 9.55 Å². The first kappa shape index (κ1) is 19.0. The molecule has 0 spiro atoms. The van der Waals surface area contributed by atoms with Gasteiger partial charge in [0.25, 0.3) is 0 Å². The number of hydrogen-bond donors (Lipinski definition) is 0. The lowest BCUT2D eigenvalue weighted by Gasteiger charge is -2.12. The molecule has 3 rings (SSSR count). The maximum atomic E-state index is 13.3. The molecule has 0 unspecified atom stereocenters. The average molecular weight is 399 g/mol. The van der Waals surface area contributed by atoms with E-state index in [1.807, 2.05) is 0 Å². The summed E-state index contributed by atoms with van der Waals surface area (Å²) in [5, 5.41) is 0.418. The third kappa shape index (κ3) is 4.16. The van der Waals surface area contributed by atoms with E-state index in [1.54, 1.807) is 30.3 Å². The number of benzene rings is 2. The number of hydrogen-bond acceptors (Lipinski definition) is 4. The molecule has 1 aromatic heterocycles. The first-order valence-electron chi connectivity index (χ1n) is 7.80. The Labute approximate surface area is 157 Å². The molecule has 0 aliphatic rings. The third-order valence-electron chi connectivity index (χ3n) is 3.83. The molecule has 0 saturated heterocycles. The fourth-order valence-electron chi connectivity index (χ4n) is 2.64. The number of para-hydroxylation sites is 2. The lowest BCUT2D eigenvalue weighted by Crippen LogP contribution is -2.20. The summed E-state index contributed by atoms with van der Waals surface area (Å²) in [5.74, 6) is -1.54. The highest BCUT2D eigenvalue weighted by molar-refractivity contribution is 6.30. The molecule has 0 amide bonds. The van der Waals surface area contributed by atoms with E-state index in [2.05, 4.69) is 4.98 Å².